The molecule has 2 unspecified atom stereocenters. The molecule has 1 aliphatic rings. The first-order chi connectivity index (χ1) is 9.30. The fourth-order valence-corrected chi connectivity index (χ4v) is 2.73. The number of hydrogen-bond acceptors (Lipinski definition) is 4. The van der Waals surface area contributed by atoms with Gasteiger partial charge in [0, 0.05) is 32.3 Å². The Kier molecular flexibility index (Phi) is 6.43. The van der Waals surface area contributed by atoms with E-state index in [0.29, 0.717) is 25.1 Å². The molecule has 1 aliphatic carbocycles. The SMILES string of the molecule is COCCN(CC(C)(NC(C)C)C(=O)O)C(C)C1CC1. The summed E-state index contributed by atoms with van der Waals surface area (Å²) in [5, 5.41) is 12.8. The molecule has 0 heterocycles. The van der Waals surface area contributed by atoms with E-state index in [4.69, 9.17) is 4.74 Å². The second-order valence-corrected chi connectivity index (χ2v) is 6.48. The molecule has 0 spiro atoms. The molecule has 0 aromatic heterocycles. The molecule has 2 N–H and O–H groups in total. The fraction of sp³-hybridized carbons (Fsp3) is 0.933. The molecule has 118 valence electrons. The van der Waals surface area contributed by atoms with Gasteiger partial charge in [0.05, 0.1) is 6.61 Å². The van der Waals surface area contributed by atoms with E-state index < -0.39 is 11.5 Å². The van der Waals surface area contributed by atoms with Gasteiger partial charge < -0.3 is 9.84 Å². The molecule has 1 rings (SSSR count). The van der Waals surface area contributed by atoms with Crippen LogP contribution in [0.2, 0.25) is 0 Å². The Morgan fingerprint density at radius 2 is 2.05 bits per heavy atom. The van der Waals surface area contributed by atoms with Crippen LogP contribution in [-0.4, -0.2) is 60.4 Å². The van der Waals surface area contributed by atoms with Crippen LogP contribution >= 0.6 is 0 Å². The lowest BCUT2D eigenvalue weighted by Crippen LogP contribution is -2.60. The van der Waals surface area contributed by atoms with Gasteiger partial charge in [0.2, 0.25) is 0 Å². The molecule has 1 saturated carbocycles. The van der Waals surface area contributed by atoms with Crippen molar-refractivity contribution in [1.29, 1.82) is 0 Å². The molecule has 0 aliphatic heterocycles. The Balaban J connectivity index is 2.74. The number of carboxylic acids is 1. The van der Waals surface area contributed by atoms with Crippen molar-refractivity contribution in [3.63, 3.8) is 0 Å². The van der Waals surface area contributed by atoms with Crippen LogP contribution in [0.4, 0.5) is 0 Å². The number of nitrogens with one attached hydrogen (secondary N) is 1. The number of carbonyl (C=O) groups is 1. The third-order valence-electron chi connectivity index (χ3n) is 4.06. The molecular formula is C15H30N2O3. The Morgan fingerprint density at radius 1 is 1.45 bits per heavy atom. The minimum absolute atomic E-state index is 0.136. The van der Waals surface area contributed by atoms with Gasteiger partial charge in [-0.3, -0.25) is 15.0 Å². The highest BCUT2D eigenvalue weighted by molar-refractivity contribution is 5.78. The zero-order valence-electron chi connectivity index (χ0n) is 13.5. The maximum Gasteiger partial charge on any atom is 0.324 e. The first-order valence-corrected chi connectivity index (χ1v) is 7.54. The van der Waals surface area contributed by atoms with Crippen LogP contribution in [0.1, 0.15) is 40.5 Å². The van der Waals surface area contributed by atoms with Gasteiger partial charge in [-0.15, -0.1) is 0 Å². The molecule has 2 atom stereocenters. The van der Waals surface area contributed by atoms with E-state index >= 15 is 0 Å². The second kappa shape index (κ2) is 7.38. The number of carboxylic acid groups (broad SMARTS) is 1. The predicted octanol–water partition coefficient (Wildman–Crippen LogP) is 1.57. The van der Waals surface area contributed by atoms with Gasteiger partial charge in [-0.25, -0.2) is 0 Å². The van der Waals surface area contributed by atoms with Crippen LogP contribution in [0.5, 0.6) is 0 Å². The van der Waals surface area contributed by atoms with Crippen LogP contribution in [0, 0.1) is 5.92 Å². The van der Waals surface area contributed by atoms with Gasteiger partial charge in [-0.2, -0.15) is 0 Å². The standard InChI is InChI=1S/C15H30N2O3/c1-11(2)16-15(4,14(18)19)10-17(8-9-20-5)12(3)13-6-7-13/h11-13,16H,6-10H2,1-5H3,(H,18,19). The number of rotatable bonds is 10. The van der Waals surface area contributed by atoms with E-state index in [1.165, 1.54) is 12.8 Å². The summed E-state index contributed by atoms with van der Waals surface area (Å²) < 4.78 is 5.17. The number of ether oxygens (including phenoxy) is 1. The molecule has 0 radical (unpaired) electrons. The smallest absolute Gasteiger partial charge is 0.324 e. The largest absolute Gasteiger partial charge is 0.480 e. The molecule has 0 saturated heterocycles. The Bertz CT molecular complexity index is 318. The summed E-state index contributed by atoms with van der Waals surface area (Å²) in [6.45, 7) is 9.84. The van der Waals surface area contributed by atoms with Crippen LogP contribution in [-0.2, 0) is 9.53 Å². The topological polar surface area (TPSA) is 61.8 Å². The summed E-state index contributed by atoms with van der Waals surface area (Å²) >= 11 is 0. The predicted molar refractivity (Wildman–Crippen MR) is 79.9 cm³/mol. The quantitative estimate of drug-likeness (QED) is 0.638. The minimum Gasteiger partial charge on any atom is -0.480 e. The van der Waals surface area contributed by atoms with Crippen molar-refractivity contribution in [1.82, 2.24) is 10.2 Å². The number of nitrogens with zero attached hydrogens (tertiary/aromatic N) is 1. The van der Waals surface area contributed by atoms with Crippen molar-refractivity contribution in [2.24, 2.45) is 5.92 Å². The molecule has 5 heteroatoms. The maximum absolute atomic E-state index is 11.7. The van der Waals surface area contributed by atoms with E-state index in [9.17, 15) is 9.90 Å². The van der Waals surface area contributed by atoms with E-state index in [-0.39, 0.29) is 6.04 Å². The summed E-state index contributed by atoms with van der Waals surface area (Å²) in [4.78, 5) is 13.9. The zero-order chi connectivity index (χ0) is 15.3. The Hall–Kier alpha value is -0.650. The van der Waals surface area contributed by atoms with Gasteiger partial charge in [0.25, 0.3) is 0 Å². The molecule has 1 fully saturated rings. The summed E-state index contributed by atoms with van der Waals surface area (Å²) in [5.41, 5.74) is -0.926. The average Bonchev–Trinajstić information content (AvgIpc) is 3.16. The highest BCUT2D eigenvalue weighted by atomic mass is 16.5. The monoisotopic (exact) mass is 286 g/mol. The molecule has 0 aromatic carbocycles. The molecule has 20 heavy (non-hydrogen) atoms. The maximum atomic E-state index is 11.7. The lowest BCUT2D eigenvalue weighted by molar-refractivity contribution is -0.145. The average molecular weight is 286 g/mol. The van der Waals surface area contributed by atoms with E-state index in [1.54, 1.807) is 14.0 Å². The van der Waals surface area contributed by atoms with Crippen molar-refractivity contribution in [2.75, 3.05) is 26.8 Å². The van der Waals surface area contributed by atoms with Crippen LogP contribution in [0.25, 0.3) is 0 Å². The van der Waals surface area contributed by atoms with Gasteiger partial charge in [0.15, 0.2) is 0 Å². The van der Waals surface area contributed by atoms with Crippen molar-refractivity contribution in [3.05, 3.63) is 0 Å². The first kappa shape index (κ1) is 17.4. The lowest BCUT2D eigenvalue weighted by atomic mass is 9.99. The van der Waals surface area contributed by atoms with Crippen LogP contribution in [0.3, 0.4) is 0 Å². The zero-order valence-corrected chi connectivity index (χ0v) is 13.5. The van der Waals surface area contributed by atoms with E-state index in [0.717, 1.165) is 6.54 Å². The number of aliphatic carboxylic acids is 1. The molecule has 0 bridgehead atoms. The molecule has 0 aromatic rings. The number of hydrogen-bond donors (Lipinski definition) is 2. The van der Waals surface area contributed by atoms with Crippen molar-refractivity contribution in [2.45, 2.75) is 58.2 Å². The number of methoxy groups -OCH3 is 1. The summed E-state index contributed by atoms with van der Waals surface area (Å²) in [6, 6.07) is 0.550. The van der Waals surface area contributed by atoms with Crippen LogP contribution in [0.15, 0.2) is 0 Å². The summed E-state index contributed by atoms with van der Waals surface area (Å²) in [6.07, 6.45) is 2.51. The van der Waals surface area contributed by atoms with Crippen LogP contribution < -0.4 is 5.32 Å². The molecule has 0 amide bonds. The van der Waals surface area contributed by atoms with E-state index in [2.05, 4.69) is 17.1 Å². The minimum atomic E-state index is -0.926. The van der Waals surface area contributed by atoms with Crippen molar-refractivity contribution in [3.8, 4) is 0 Å². The Labute approximate surface area is 122 Å². The normalized spacial score (nSPS) is 20.1. The molecular weight excluding hydrogens is 256 g/mol. The van der Waals surface area contributed by atoms with Gasteiger partial charge in [0.1, 0.15) is 5.54 Å². The Morgan fingerprint density at radius 3 is 2.45 bits per heavy atom. The van der Waals surface area contributed by atoms with Crippen molar-refractivity contribution >= 4 is 5.97 Å². The lowest BCUT2D eigenvalue weighted by Gasteiger charge is -2.37. The summed E-state index contributed by atoms with van der Waals surface area (Å²) in [5.74, 6) is -0.0828. The fourth-order valence-electron chi connectivity index (χ4n) is 2.73. The van der Waals surface area contributed by atoms with Gasteiger partial charge in [-0.05, 0) is 46.5 Å². The third kappa shape index (κ3) is 5.04. The third-order valence-corrected chi connectivity index (χ3v) is 4.06. The van der Waals surface area contributed by atoms with Gasteiger partial charge >= 0.3 is 5.97 Å². The highest BCUT2D eigenvalue weighted by Gasteiger charge is 2.39. The van der Waals surface area contributed by atoms with Crippen molar-refractivity contribution < 1.29 is 14.6 Å². The summed E-state index contributed by atoms with van der Waals surface area (Å²) in [7, 11) is 1.68. The van der Waals surface area contributed by atoms with Gasteiger partial charge in [-0.1, -0.05) is 0 Å². The molecule has 5 nitrogen and oxygen atoms in total. The first-order valence-electron chi connectivity index (χ1n) is 7.54. The highest BCUT2D eigenvalue weighted by Crippen LogP contribution is 2.35. The van der Waals surface area contributed by atoms with E-state index in [1.807, 2.05) is 13.8 Å². The second-order valence-electron chi connectivity index (χ2n) is 6.48.